The second-order valence-corrected chi connectivity index (χ2v) is 5.81. The number of allylic oxidation sites excluding steroid dienone is 1. The van der Waals surface area contributed by atoms with Crippen molar-refractivity contribution < 1.29 is 9.59 Å². The molecule has 0 spiro atoms. The van der Waals surface area contributed by atoms with Crippen LogP contribution in [0.25, 0.3) is 0 Å². The van der Waals surface area contributed by atoms with Gasteiger partial charge in [-0.1, -0.05) is 30.8 Å². The largest absolute Gasteiger partial charge is 0.332 e. The summed E-state index contributed by atoms with van der Waals surface area (Å²) < 4.78 is 0. The number of nitrogens with zero attached hydrogens (tertiary/aromatic N) is 3. The van der Waals surface area contributed by atoms with Gasteiger partial charge in [-0.3, -0.25) is 10.1 Å². The molecule has 2 atom stereocenters. The number of imide groups is 1. The number of urea groups is 1. The van der Waals surface area contributed by atoms with Crippen LogP contribution in [0.4, 0.5) is 4.79 Å². The first-order chi connectivity index (χ1) is 9.60. The van der Waals surface area contributed by atoms with Crippen molar-refractivity contribution >= 4 is 28.9 Å². The summed E-state index contributed by atoms with van der Waals surface area (Å²) in [6, 6.07) is -0.805. The average Bonchev–Trinajstić information content (AvgIpc) is 2.79. The van der Waals surface area contributed by atoms with Crippen molar-refractivity contribution in [3.63, 3.8) is 0 Å². The fourth-order valence-electron chi connectivity index (χ4n) is 2.22. The molecule has 2 aliphatic heterocycles. The van der Waals surface area contributed by atoms with Crippen LogP contribution < -0.4 is 5.32 Å². The highest BCUT2D eigenvalue weighted by Crippen LogP contribution is 2.28. The maximum absolute atomic E-state index is 12.1. The highest BCUT2D eigenvalue weighted by molar-refractivity contribution is 8.13. The molecule has 0 aliphatic carbocycles. The molecule has 0 saturated carbocycles. The lowest BCUT2D eigenvalue weighted by molar-refractivity contribution is -0.126. The summed E-state index contributed by atoms with van der Waals surface area (Å²) in [5.41, 5.74) is 0. The van der Waals surface area contributed by atoms with Crippen molar-refractivity contribution in [3.8, 4) is 0 Å². The molecule has 1 N–H and O–H groups in total. The standard InChI is InChI=1S/C13H20N4O2S/c1-4-6-7-17-9-10(14-13(17)20-8-5-2)16(3)12(19)15-11(9)18/h4,6,9-10H,5,7-8H2,1-3H3,(H,15,18,19)/b6-4+. The number of nitrogens with one attached hydrogen (secondary N) is 1. The summed E-state index contributed by atoms with van der Waals surface area (Å²) in [6.07, 6.45) is 4.57. The van der Waals surface area contributed by atoms with Gasteiger partial charge in [0.2, 0.25) is 0 Å². The van der Waals surface area contributed by atoms with Gasteiger partial charge >= 0.3 is 6.03 Å². The van der Waals surface area contributed by atoms with Gasteiger partial charge in [-0.15, -0.1) is 0 Å². The molecule has 2 heterocycles. The summed E-state index contributed by atoms with van der Waals surface area (Å²) in [5, 5.41) is 3.23. The Morgan fingerprint density at radius 3 is 2.85 bits per heavy atom. The van der Waals surface area contributed by atoms with Gasteiger partial charge in [0.15, 0.2) is 17.4 Å². The number of likely N-dealkylation sites (N-methyl/N-ethyl adjacent to an activating group) is 1. The lowest BCUT2D eigenvalue weighted by Gasteiger charge is -2.35. The lowest BCUT2D eigenvalue weighted by Crippen LogP contribution is -2.63. The van der Waals surface area contributed by atoms with E-state index in [1.807, 2.05) is 24.0 Å². The SMILES string of the molecule is C/C=C/CN1C(SCCC)=NC2C1C(=O)NC(=O)N2C. The topological polar surface area (TPSA) is 65.0 Å². The molecule has 3 amide bonds. The van der Waals surface area contributed by atoms with E-state index < -0.39 is 12.2 Å². The van der Waals surface area contributed by atoms with Crippen LogP contribution in [0.5, 0.6) is 0 Å². The Hall–Kier alpha value is -1.50. The Bertz CT molecular complexity index is 463. The first-order valence-electron chi connectivity index (χ1n) is 6.76. The minimum Gasteiger partial charge on any atom is -0.332 e. The predicted octanol–water partition coefficient (Wildman–Crippen LogP) is 1.25. The molecule has 2 rings (SSSR count). The molecule has 6 nitrogen and oxygen atoms in total. The van der Waals surface area contributed by atoms with Gasteiger partial charge in [0, 0.05) is 19.3 Å². The fraction of sp³-hybridized carbons (Fsp3) is 0.615. The molecule has 20 heavy (non-hydrogen) atoms. The Morgan fingerprint density at radius 1 is 1.45 bits per heavy atom. The molecule has 0 radical (unpaired) electrons. The molecule has 0 aromatic heterocycles. The number of carbonyl (C=O) groups is 2. The minimum atomic E-state index is -0.423. The summed E-state index contributed by atoms with van der Waals surface area (Å²) in [4.78, 5) is 31.8. The third kappa shape index (κ3) is 2.67. The van der Waals surface area contributed by atoms with Gasteiger partial charge in [-0.05, 0) is 13.3 Å². The summed E-state index contributed by atoms with van der Waals surface area (Å²) in [6.45, 7) is 4.68. The van der Waals surface area contributed by atoms with Gasteiger partial charge in [-0.2, -0.15) is 0 Å². The van der Waals surface area contributed by atoms with Crippen LogP contribution in [0.15, 0.2) is 17.1 Å². The molecule has 0 bridgehead atoms. The van der Waals surface area contributed by atoms with Crippen LogP contribution in [0.1, 0.15) is 20.3 Å². The Labute approximate surface area is 123 Å². The maximum atomic E-state index is 12.1. The predicted molar refractivity (Wildman–Crippen MR) is 80.6 cm³/mol. The second-order valence-electron chi connectivity index (χ2n) is 4.75. The third-order valence-electron chi connectivity index (χ3n) is 3.30. The maximum Gasteiger partial charge on any atom is 0.325 e. The molecule has 2 aliphatic rings. The van der Waals surface area contributed by atoms with E-state index in [0.717, 1.165) is 17.3 Å². The smallest absolute Gasteiger partial charge is 0.325 e. The zero-order valence-electron chi connectivity index (χ0n) is 12.0. The highest BCUT2D eigenvalue weighted by Gasteiger charge is 2.48. The average molecular weight is 296 g/mol. The number of fused-ring (bicyclic) bond motifs is 1. The van der Waals surface area contributed by atoms with Crippen LogP contribution in [0, 0.1) is 0 Å². The zero-order valence-corrected chi connectivity index (χ0v) is 12.8. The molecule has 0 aromatic carbocycles. The van der Waals surface area contributed by atoms with Crippen molar-refractivity contribution in [2.75, 3.05) is 19.3 Å². The molecule has 7 heteroatoms. The lowest BCUT2D eigenvalue weighted by atomic mass is 10.1. The van der Waals surface area contributed by atoms with Crippen LogP contribution in [-0.4, -0.2) is 58.5 Å². The van der Waals surface area contributed by atoms with Gasteiger partial charge in [0.05, 0.1) is 0 Å². The number of hydrogen-bond donors (Lipinski definition) is 1. The van der Waals surface area contributed by atoms with Crippen molar-refractivity contribution in [3.05, 3.63) is 12.2 Å². The number of rotatable bonds is 4. The van der Waals surface area contributed by atoms with Gasteiger partial charge < -0.3 is 9.80 Å². The van der Waals surface area contributed by atoms with E-state index in [4.69, 9.17) is 0 Å². The van der Waals surface area contributed by atoms with Crippen molar-refractivity contribution in [2.24, 2.45) is 4.99 Å². The summed E-state index contributed by atoms with van der Waals surface area (Å²) in [5.74, 6) is 0.683. The highest BCUT2D eigenvalue weighted by atomic mass is 32.2. The number of amidine groups is 1. The Morgan fingerprint density at radius 2 is 2.20 bits per heavy atom. The van der Waals surface area contributed by atoms with E-state index >= 15 is 0 Å². The fourth-order valence-corrected chi connectivity index (χ4v) is 3.15. The van der Waals surface area contributed by atoms with E-state index in [9.17, 15) is 9.59 Å². The Kier molecular flexibility index (Phi) is 4.69. The zero-order chi connectivity index (χ0) is 14.7. The monoisotopic (exact) mass is 296 g/mol. The van der Waals surface area contributed by atoms with Crippen LogP contribution >= 0.6 is 11.8 Å². The number of hydrogen-bond acceptors (Lipinski definition) is 5. The van der Waals surface area contributed by atoms with Gasteiger partial charge in [-0.25, -0.2) is 9.79 Å². The van der Waals surface area contributed by atoms with E-state index in [-0.39, 0.29) is 11.9 Å². The van der Waals surface area contributed by atoms with Crippen LogP contribution in [0.3, 0.4) is 0 Å². The van der Waals surface area contributed by atoms with E-state index in [0.29, 0.717) is 6.54 Å². The number of thioether (sulfide) groups is 1. The molecule has 2 unspecified atom stereocenters. The quantitative estimate of drug-likeness (QED) is 0.793. The van der Waals surface area contributed by atoms with Crippen molar-refractivity contribution in [2.45, 2.75) is 32.5 Å². The number of carbonyl (C=O) groups excluding carboxylic acids is 2. The van der Waals surface area contributed by atoms with Crippen LogP contribution in [-0.2, 0) is 4.79 Å². The first-order valence-corrected chi connectivity index (χ1v) is 7.74. The Balaban J connectivity index is 2.25. The third-order valence-corrected chi connectivity index (χ3v) is 4.51. The van der Waals surface area contributed by atoms with Gasteiger partial charge in [0.1, 0.15) is 0 Å². The van der Waals surface area contributed by atoms with Crippen molar-refractivity contribution in [1.29, 1.82) is 0 Å². The number of aliphatic imine (C=N–C) groups is 1. The van der Waals surface area contributed by atoms with E-state index in [1.165, 1.54) is 4.90 Å². The molecular weight excluding hydrogens is 276 g/mol. The summed E-state index contributed by atoms with van der Waals surface area (Å²) in [7, 11) is 1.67. The molecule has 1 fully saturated rings. The second kappa shape index (κ2) is 6.30. The van der Waals surface area contributed by atoms with Gasteiger partial charge in [0.25, 0.3) is 5.91 Å². The van der Waals surface area contributed by atoms with E-state index in [2.05, 4.69) is 17.2 Å². The summed E-state index contributed by atoms with van der Waals surface area (Å²) >= 11 is 1.64. The molecule has 0 aromatic rings. The molecule has 110 valence electrons. The normalized spacial score (nSPS) is 26.1. The minimum absolute atomic E-state index is 0.265. The van der Waals surface area contributed by atoms with Crippen LogP contribution in [0.2, 0.25) is 0 Å². The number of amides is 3. The molecular formula is C13H20N4O2S. The molecule has 1 saturated heterocycles. The van der Waals surface area contributed by atoms with Crippen molar-refractivity contribution in [1.82, 2.24) is 15.1 Å². The first kappa shape index (κ1) is 14.9. The van der Waals surface area contributed by atoms with E-state index in [1.54, 1.807) is 18.8 Å².